The van der Waals surface area contributed by atoms with E-state index in [0.717, 1.165) is 15.8 Å². The molecule has 74 valence electrons. The van der Waals surface area contributed by atoms with E-state index in [4.69, 9.17) is 10.5 Å². The first-order chi connectivity index (χ1) is 5.65. The standard InChI is InChI=1S/C9H12BrNO.ClH/c1-6(11)8-5-7(12-2)3-4-9(8)10;/h3-6H,11H2,1-2H3;1H/t6-;/m0./s1. The van der Waals surface area contributed by atoms with Crippen LogP contribution >= 0.6 is 28.3 Å². The Kier molecular flexibility index (Phi) is 5.37. The van der Waals surface area contributed by atoms with Gasteiger partial charge in [0.25, 0.3) is 0 Å². The fraction of sp³-hybridized carbons (Fsp3) is 0.333. The summed E-state index contributed by atoms with van der Waals surface area (Å²) in [5.74, 6) is 0.838. The van der Waals surface area contributed by atoms with E-state index in [2.05, 4.69) is 15.9 Å². The van der Waals surface area contributed by atoms with E-state index in [1.807, 2.05) is 25.1 Å². The van der Waals surface area contributed by atoms with Crippen LogP contribution < -0.4 is 10.5 Å². The minimum Gasteiger partial charge on any atom is -0.497 e. The van der Waals surface area contributed by atoms with E-state index in [-0.39, 0.29) is 18.4 Å². The zero-order valence-electron chi connectivity index (χ0n) is 7.58. The molecule has 1 aromatic rings. The van der Waals surface area contributed by atoms with Gasteiger partial charge >= 0.3 is 0 Å². The molecule has 0 aliphatic carbocycles. The lowest BCUT2D eigenvalue weighted by molar-refractivity contribution is 0.414. The molecule has 0 spiro atoms. The van der Waals surface area contributed by atoms with Crippen molar-refractivity contribution in [3.05, 3.63) is 28.2 Å². The summed E-state index contributed by atoms with van der Waals surface area (Å²) in [4.78, 5) is 0. The van der Waals surface area contributed by atoms with E-state index < -0.39 is 0 Å². The zero-order valence-corrected chi connectivity index (χ0v) is 9.98. The Morgan fingerprint density at radius 1 is 1.46 bits per heavy atom. The number of benzene rings is 1. The summed E-state index contributed by atoms with van der Waals surface area (Å²) in [5.41, 5.74) is 6.82. The number of methoxy groups -OCH3 is 1. The third-order valence-electron chi connectivity index (χ3n) is 1.69. The van der Waals surface area contributed by atoms with Crippen molar-refractivity contribution >= 4 is 28.3 Å². The Morgan fingerprint density at radius 2 is 2.08 bits per heavy atom. The van der Waals surface area contributed by atoms with Crippen molar-refractivity contribution in [3.8, 4) is 5.75 Å². The largest absolute Gasteiger partial charge is 0.497 e. The van der Waals surface area contributed by atoms with Gasteiger partial charge < -0.3 is 10.5 Å². The number of rotatable bonds is 2. The molecule has 2 nitrogen and oxygen atoms in total. The van der Waals surface area contributed by atoms with Crippen LogP contribution in [0, 0.1) is 0 Å². The molecule has 1 aromatic carbocycles. The average Bonchev–Trinajstić information content (AvgIpc) is 2.05. The molecule has 0 fully saturated rings. The fourth-order valence-corrected chi connectivity index (χ4v) is 1.61. The van der Waals surface area contributed by atoms with Gasteiger partial charge in [-0.25, -0.2) is 0 Å². The number of nitrogens with two attached hydrogens (primary N) is 1. The summed E-state index contributed by atoms with van der Waals surface area (Å²) in [6, 6.07) is 5.80. The van der Waals surface area contributed by atoms with Gasteiger partial charge in [0.1, 0.15) is 5.75 Å². The molecular weight excluding hydrogens is 253 g/mol. The molecule has 0 aliphatic heterocycles. The average molecular weight is 267 g/mol. The molecule has 1 rings (SSSR count). The van der Waals surface area contributed by atoms with Gasteiger partial charge in [0.2, 0.25) is 0 Å². The predicted octanol–water partition coefficient (Wildman–Crippen LogP) is 2.90. The number of halogens is 2. The van der Waals surface area contributed by atoms with E-state index >= 15 is 0 Å². The van der Waals surface area contributed by atoms with Crippen LogP contribution in [0.4, 0.5) is 0 Å². The van der Waals surface area contributed by atoms with Gasteiger partial charge in [0.05, 0.1) is 7.11 Å². The third-order valence-corrected chi connectivity index (χ3v) is 2.42. The van der Waals surface area contributed by atoms with Crippen LogP contribution in [0.5, 0.6) is 5.75 Å². The van der Waals surface area contributed by atoms with Crippen molar-refractivity contribution < 1.29 is 4.74 Å². The number of hydrogen-bond donors (Lipinski definition) is 1. The second-order valence-corrected chi connectivity index (χ2v) is 3.53. The molecule has 0 radical (unpaired) electrons. The lowest BCUT2D eigenvalue weighted by atomic mass is 10.1. The van der Waals surface area contributed by atoms with Crippen molar-refractivity contribution in [2.45, 2.75) is 13.0 Å². The molecular formula is C9H13BrClNO. The Bertz CT molecular complexity index is 278. The summed E-state index contributed by atoms with van der Waals surface area (Å²) in [6.07, 6.45) is 0. The Morgan fingerprint density at radius 3 is 2.54 bits per heavy atom. The van der Waals surface area contributed by atoms with Crippen molar-refractivity contribution in [2.24, 2.45) is 5.73 Å². The molecule has 0 saturated carbocycles. The normalized spacial score (nSPS) is 11.7. The molecule has 1 atom stereocenters. The first-order valence-corrected chi connectivity index (χ1v) is 4.53. The maximum atomic E-state index is 5.75. The van der Waals surface area contributed by atoms with Gasteiger partial charge in [0.15, 0.2) is 0 Å². The van der Waals surface area contributed by atoms with Crippen LogP contribution in [0.25, 0.3) is 0 Å². The molecule has 0 unspecified atom stereocenters. The highest BCUT2D eigenvalue weighted by Crippen LogP contribution is 2.26. The Hall–Kier alpha value is -0.250. The summed E-state index contributed by atoms with van der Waals surface area (Å²) in [6.45, 7) is 1.94. The van der Waals surface area contributed by atoms with Gasteiger partial charge in [-0.05, 0) is 30.7 Å². The maximum absolute atomic E-state index is 5.75. The lowest BCUT2D eigenvalue weighted by Gasteiger charge is -2.09. The highest BCUT2D eigenvalue weighted by molar-refractivity contribution is 9.10. The molecule has 0 saturated heterocycles. The van der Waals surface area contributed by atoms with E-state index in [1.165, 1.54) is 0 Å². The SMILES string of the molecule is COc1ccc(Br)c([C@H](C)N)c1.Cl. The van der Waals surface area contributed by atoms with Crippen LogP contribution in [0.3, 0.4) is 0 Å². The highest BCUT2D eigenvalue weighted by atomic mass is 79.9. The van der Waals surface area contributed by atoms with Gasteiger partial charge in [0, 0.05) is 10.5 Å². The molecule has 2 N–H and O–H groups in total. The lowest BCUT2D eigenvalue weighted by Crippen LogP contribution is -2.05. The second-order valence-electron chi connectivity index (χ2n) is 2.68. The smallest absolute Gasteiger partial charge is 0.119 e. The van der Waals surface area contributed by atoms with Crippen molar-refractivity contribution in [3.63, 3.8) is 0 Å². The second kappa shape index (κ2) is 5.47. The Balaban J connectivity index is 0.00000144. The van der Waals surface area contributed by atoms with Crippen LogP contribution in [-0.2, 0) is 0 Å². The zero-order chi connectivity index (χ0) is 9.14. The highest BCUT2D eigenvalue weighted by Gasteiger charge is 2.05. The van der Waals surface area contributed by atoms with Gasteiger partial charge in [-0.3, -0.25) is 0 Å². The maximum Gasteiger partial charge on any atom is 0.119 e. The Labute approximate surface area is 93.0 Å². The first kappa shape index (κ1) is 12.8. The van der Waals surface area contributed by atoms with Crippen molar-refractivity contribution in [1.29, 1.82) is 0 Å². The summed E-state index contributed by atoms with van der Waals surface area (Å²) < 4.78 is 6.11. The topological polar surface area (TPSA) is 35.2 Å². The van der Waals surface area contributed by atoms with E-state index in [0.29, 0.717) is 0 Å². The van der Waals surface area contributed by atoms with Crippen LogP contribution in [0.15, 0.2) is 22.7 Å². The molecule has 0 heterocycles. The van der Waals surface area contributed by atoms with E-state index in [1.54, 1.807) is 7.11 Å². The predicted molar refractivity (Wildman–Crippen MR) is 60.5 cm³/mol. The van der Waals surface area contributed by atoms with Crippen LogP contribution in [-0.4, -0.2) is 7.11 Å². The van der Waals surface area contributed by atoms with Crippen molar-refractivity contribution in [1.82, 2.24) is 0 Å². The summed E-state index contributed by atoms with van der Waals surface area (Å²) in [7, 11) is 1.65. The number of hydrogen-bond acceptors (Lipinski definition) is 2. The molecule has 0 aromatic heterocycles. The minimum absolute atomic E-state index is 0. The van der Waals surface area contributed by atoms with Crippen molar-refractivity contribution in [2.75, 3.05) is 7.11 Å². The molecule has 4 heteroatoms. The van der Waals surface area contributed by atoms with Crippen LogP contribution in [0.2, 0.25) is 0 Å². The van der Waals surface area contributed by atoms with Gasteiger partial charge in [-0.1, -0.05) is 15.9 Å². The minimum atomic E-state index is 0. The van der Waals surface area contributed by atoms with Crippen LogP contribution in [0.1, 0.15) is 18.5 Å². The third kappa shape index (κ3) is 3.18. The quantitative estimate of drug-likeness (QED) is 0.893. The summed E-state index contributed by atoms with van der Waals surface area (Å²) in [5, 5.41) is 0. The molecule has 0 aliphatic rings. The first-order valence-electron chi connectivity index (χ1n) is 3.74. The molecule has 0 amide bonds. The molecule has 13 heavy (non-hydrogen) atoms. The van der Waals surface area contributed by atoms with E-state index in [9.17, 15) is 0 Å². The monoisotopic (exact) mass is 265 g/mol. The fourth-order valence-electron chi connectivity index (χ4n) is 0.998. The number of ether oxygens (including phenoxy) is 1. The van der Waals surface area contributed by atoms with Gasteiger partial charge in [-0.2, -0.15) is 0 Å². The van der Waals surface area contributed by atoms with Gasteiger partial charge in [-0.15, -0.1) is 12.4 Å². The molecule has 0 bridgehead atoms. The summed E-state index contributed by atoms with van der Waals surface area (Å²) >= 11 is 3.42.